The molecule has 0 bridgehead atoms. The molecule has 0 radical (unpaired) electrons. The Morgan fingerprint density at radius 2 is 1.30 bits per heavy atom. The van der Waals surface area contributed by atoms with Gasteiger partial charge in [-0.1, -0.05) is 31.0 Å². The number of aliphatic carboxylic acids is 2. The molecule has 0 amide bonds. The van der Waals surface area contributed by atoms with Crippen molar-refractivity contribution in [3.63, 3.8) is 0 Å². The van der Waals surface area contributed by atoms with Crippen LogP contribution in [0, 0.1) is 17.8 Å². The molecule has 0 aliphatic rings. The molecule has 0 spiro atoms. The standard InChI is InChI=1S/C23H36O4/c1-17-11-10-13-18(12-6-8-15-22(2,3)20(24)25)19(17)14-7-9-16-23(4,5)21(26)27/h10-11,13H,6-9,12,14-16H2,1-5H3,(H,24,25)(H,26,27). The molecule has 0 aliphatic heterocycles. The largest absolute Gasteiger partial charge is 0.481 e. The highest BCUT2D eigenvalue weighted by atomic mass is 16.4. The summed E-state index contributed by atoms with van der Waals surface area (Å²) in [5.74, 6) is -1.47. The average Bonchev–Trinajstić information content (AvgIpc) is 2.56. The predicted molar refractivity (Wildman–Crippen MR) is 109 cm³/mol. The summed E-state index contributed by atoms with van der Waals surface area (Å²) in [4.78, 5) is 22.4. The molecule has 0 saturated heterocycles. The monoisotopic (exact) mass is 376 g/mol. The molecule has 0 heterocycles. The minimum Gasteiger partial charge on any atom is -0.481 e. The zero-order valence-electron chi connectivity index (χ0n) is 17.6. The second-order valence-corrected chi connectivity index (χ2v) is 9.00. The van der Waals surface area contributed by atoms with Gasteiger partial charge in [-0.3, -0.25) is 9.59 Å². The number of benzene rings is 1. The number of hydrogen-bond donors (Lipinski definition) is 2. The summed E-state index contributed by atoms with van der Waals surface area (Å²) in [5.41, 5.74) is 2.69. The summed E-state index contributed by atoms with van der Waals surface area (Å²) in [6, 6.07) is 6.39. The van der Waals surface area contributed by atoms with Gasteiger partial charge < -0.3 is 10.2 Å². The maximum absolute atomic E-state index is 11.2. The highest BCUT2D eigenvalue weighted by molar-refractivity contribution is 5.73. The van der Waals surface area contributed by atoms with E-state index >= 15 is 0 Å². The Hall–Kier alpha value is -1.84. The maximum atomic E-state index is 11.2. The van der Waals surface area contributed by atoms with Crippen LogP contribution in [0.4, 0.5) is 0 Å². The first kappa shape index (κ1) is 23.2. The zero-order chi connectivity index (χ0) is 20.7. The molecule has 4 heteroatoms. The molecular formula is C23H36O4. The van der Waals surface area contributed by atoms with Crippen LogP contribution in [-0.4, -0.2) is 22.2 Å². The molecule has 0 unspecified atom stereocenters. The van der Waals surface area contributed by atoms with Crippen molar-refractivity contribution in [3.05, 3.63) is 34.9 Å². The molecular weight excluding hydrogens is 340 g/mol. The predicted octanol–water partition coefficient (Wildman–Crippen LogP) is 5.64. The number of carboxylic acids is 2. The van der Waals surface area contributed by atoms with Crippen LogP contribution in [0.25, 0.3) is 0 Å². The normalized spacial score (nSPS) is 12.2. The Bertz CT molecular complexity index is 644. The van der Waals surface area contributed by atoms with Crippen molar-refractivity contribution in [2.75, 3.05) is 0 Å². The first-order valence-corrected chi connectivity index (χ1v) is 10.0. The number of aryl methyl sites for hydroxylation is 2. The van der Waals surface area contributed by atoms with Gasteiger partial charge in [0.2, 0.25) is 0 Å². The molecule has 152 valence electrons. The lowest BCUT2D eigenvalue weighted by Gasteiger charge is -2.20. The molecule has 1 aromatic carbocycles. The van der Waals surface area contributed by atoms with Crippen LogP contribution < -0.4 is 0 Å². The van der Waals surface area contributed by atoms with E-state index in [4.69, 9.17) is 0 Å². The van der Waals surface area contributed by atoms with Crippen LogP contribution in [0.15, 0.2) is 18.2 Å². The van der Waals surface area contributed by atoms with Gasteiger partial charge in [0.05, 0.1) is 10.8 Å². The zero-order valence-corrected chi connectivity index (χ0v) is 17.6. The van der Waals surface area contributed by atoms with E-state index in [0.29, 0.717) is 12.8 Å². The second kappa shape index (κ2) is 9.91. The summed E-state index contributed by atoms with van der Waals surface area (Å²) < 4.78 is 0. The lowest BCUT2D eigenvalue weighted by Crippen LogP contribution is -2.23. The first-order valence-electron chi connectivity index (χ1n) is 10.0. The van der Waals surface area contributed by atoms with E-state index < -0.39 is 22.8 Å². The van der Waals surface area contributed by atoms with E-state index in [-0.39, 0.29) is 0 Å². The van der Waals surface area contributed by atoms with Gasteiger partial charge in [0, 0.05) is 0 Å². The van der Waals surface area contributed by atoms with Gasteiger partial charge in [0.15, 0.2) is 0 Å². The molecule has 1 rings (SSSR count). The Kier molecular flexibility index (Phi) is 8.52. The van der Waals surface area contributed by atoms with Gasteiger partial charge in [-0.05, 0) is 89.8 Å². The number of rotatable bonds is 12. The van der Waals surface area contributed by atoms with Crippen molar-refractivity contribution < 1.29 is 19.8 Å². The van der Waals surface area contributed by atoms with E-state index in [2.05, 4.69) is 25.1 Å². The Morgan fingerprint density at radius 1 is 0.815 bits per heavy atom. The third-order valence-electron chi connectivity index (χ3n) is 5.64. The number of carbonyl (C=O) groups is 2. The first-order chi connectivity index (χ1) is 12.5. The second-order valence-electron chi connectivity index (χ2n) is 9.00. The summed E-state index contributed by atoms with van der Waals surface area (Å²) in [6.45, 7) is 9.27. The fourth-order valence-corrected chi connectivity index (χ4v) is 3.32. The van der Waals surface area contributed by atoms with E-state index in [1.807, 2.05) is 0 Å². The van der Waals surface area contributed by atoms with E-state index in [1.54, 1.807) is 27.7 Å². The number of carboxylic acid groups (broad SMARTS) is 2. The topological polar surface area (TPSA) is 74.6 Å². The van der Waals surface area contributed by atoms with Crippen molar-refractivity contribution in [2.45, 2.75) is 86.0 Å². The van der Waals surface area contributed by atoms with Crippen LogP contribution in [0.3, 0.4) is 0 Å². The summed E-state index contributed by atoms with van der Waals surface area (Å²) in [7, 11) is 0. The highest BCUT2D eigenvalue weighted by Gasteiger charge is 2.27. The number of hydrogen-bond acceptors (Lipinski definition) is 2. The van der Waals surface area contributed by atoms with Gasteiger partial charge in [-0.25, -0.2) is 0 Å². The molecule has 1 aromatic rings. The molecule has 0 atom stereocenters. The SMILES string of the molecule is Cc1cccc(CCCCC(C)(C)C(=O)O)c1CCCCC(C)(C)C(=O)O. The van der Waals surface area contributed by atoms with E-state index in [9.17, 15) is 19.8 Å². The number of unbranched alkanes of at least 4 members (excludes halogenated alkanes) is 2. The fourth-order valence-electron chi connectivity index (χ4n) is 3.32. The summed E-state index contributed by atoms with van der Waals surface area (Å²) in [5, 5.41) is 18.4. The average molecular weight is 377 g/mol. The summed E-state index contributed by atoms with van der Waals surface area (Å²) >= 11 is 0. The van der Waals surface area contributed by atoms with E-state index in [0.717, 1.165) is 38.5 Å². The van der Waals surface area contributed by atoms with E-state index in [1.165, 1.54) is 16.7 Å². The molecule has 0 aliphatic carbocycles. The minimum atomic E-state index is -0.733. The van der Waals surface area contributed by atoms with Gasteiger partial charge in [0.1, 0.15) is 0 Å². The van der Waals surface area contributed by atoms with Crippen LogP contribution in [0.2, 0.25) is 0 Å². The Labute approximate surface area is 164 Å². The Morgan fingerprint density at radius 3 is 1.78 bits per heavy atom. The lowest BCUT2D eigenvalue weighted by molar-refractivity contribution is -0.148. The molecule has 0 aromatic heterocycles. The highest BCUT2D eigenvalue weighted by Crippen LogP contribution is 2.27. The molecule has 4 nitrogen and oxygen atoms in total. The van der Waals surface area contributed by atoms with Crippen LogP contribution in [-0.2, 0) is 22.4 Å². The van der Waals surface area contributed by atoms with Crippen molar-refractivity contribution in [3.8, 4) is 0 Å². The van der Waals surface area contributed by atoms with Crippen molar-refractivity contribution in [2.24, 2.45) is 10.8 Å². The third-order valence-corrected chi connectivity index (χ3v) is 5.64. The molecule has 27 heavy (non-hydrogen) atoms. The van der Waals surface area contributed by atoms with Gasteiger partial charge >= 0.3 is 11.9 Å². The van der Waals surface area contributed by atoms with Gasteiger partial charge in [-0.2, -0.15) is 0 Å². The third kappa shape index (κ3) is 7.36. The molecule has 2 N–H and O–H groups in total. The quantitative estimate of drug-likeness (QED) is 0.463. The van der Waals surface area contributed by atoms with Crippen molar-refractivity contribution >= 4 is 11.9 Å². The molecule has 0 fully saturated rings. The van der Waals surface area contributed by atoms with Crippen molar-refractivity contribution in [1.82, 2.24) is 0 Å². The van der Waals surface area contributed by atoms with Crippen LogP contribution in [0.5, 0.6) is 0 Å². The van der Waals surface area contributed by atoms with Gasteiger partial charge in [0.25, 0.3) is 0 Å². The van der Waals surface area contributed by atoms with Gasteiger partial charge in [-0.15, -0.1) is 0 Å². The molecule has 0 saturated carbocycles. The lowest BCUT2D eigenvalue weighted by atomic mass is 9.85. The van der Waals surface area contributed by atoms with Crippen LogP contribution >= 0.6 is 0 Å². The minimum absolute atomic E-state index is 0.660. The van der Waals surface area contributed by atoms with Crippen molar-refractivity contribution in [1.29, 1.82) is 0 Å². The maximum Gasteiger partial charge on any atom is 0.309 e. The van der Waals surface area contributed by atoms with Crippen LogP contribution in [0.1, 0.15) is 82.9 Å². The summed E-state index contributed by atoms with van der Waals surface area (Å²) in [6.07, 6.45) is 7.09. The smallest absolute Gasteiger partial charge is 0.309 e. The Balaban J connectivity index is 2.57. The fraction of sp³-hybridized carbons (Fsp3) is 0.652.